The van der Waals surface area contributed by atoms with Crippen LogP contribution in [0.15, 0.2) is 6.07 Å². The molecule has 7 heteroatoms. The summed E-state index contributed by atoms with van der Waals surface area (Å²) in [5, 5.41) is 7.90. The van der Waals surface area contributed by atoms with Gasteiger partial charge in [0.2, 0.25) is 0 Å². The van der Waals surface area contributed by atoms with Crippen LogP contribution in [0.2, 0.25) is 5.15 Å². The first-order valence-electron chi connectivity index (χ1n) is 3.29. The Morgan fingerprint density at radius 1 is 1.50 bits per heavy atom. The summed E-state index contributed by atoms with van der Waals surface area (Å²) in [6, 6.07) is 1.90. The normalized spacial score (nSPS) is 11.1. The Labute approximate surface area is 81.9 Å². The van der Waals surface area contributed by atoms with Gasteiger partial charge in [-0.15, -0.1) is 0 Å². The summed E-state index contributed by atoms with van der Waals surface area (Å²) in [4.78, 5) is 3.34. The van der Waals surface area contributed by atoms with E-state index in [1.807, 2.05) is 0 Å². The third kappa shape index (κ3) is 1.88. The lowest BCUT2D eigenvalue weighted by molar-refractivity contribution is -0.137. The third-order valence-corrected chi connectivity index (χ3v) is 1.69. The van der Waals surface area contributed by atoms with Crippen molar-refractivity contribution in [3.63, 3.8) is 0 Å². The van der Waals surface area contributed by atoms with E-state index >= 15 is 0 Å². The maximum absolute atomic E-state index is 12.3. The highest BCUT2D eigenvalue weighted by Gasteiger charge is 2.35. The van der Waals surface area contributed by atoms with Gasteiger partial charge in [0, 0.05) is 0 Å². The number of hydrogen-bond donors (Lipinski definition) is 1. The van der Waals surface area contributed by atoms with Gasteiger partial charge in [0.1, 0.15) is 22.6 Å². The zero-order chi connectivity index (χ0) is 10.9. The van der Waals surface area contributed by atoms with Crippen molar-refractivity contribution in [3.05, 3.63) is 22.3 Å². The molecule has 1 rings (SSSR count). The van der Waals surface area contributed by atoms with Crippen molar-refractivity contribution in [2.24, 2.45) is 0 Å². The number of rotatable bonds is 0. The van der Waals surface area contributed by atoms with Gasteiger partial charge in [-0.3, -0.25) is 0 Å². The largest absolute Gasteiger partial charge is 0.417 e. The van der Waals surface area contributed by atoms with E-state index in [1.54, 1.807) is 0 Å². The number of hydrogen-bond acceptors (Lipinski definition) is 3. The Balaban J connectivity index is 3.50. The number of nitrogens with two attached hydrogens (primary N) is 1. The number of anilines is 1. The lowest BCUT2D eigenvalue weighted by Gasteiger charge is -2.09. The van der Waals surface area contributed by atoms with E-state index in [2.05, 4.69) is 4.98 Å². The first-order chi connectivity index (χ1) is 6.36. The molecule has 0 aliphatic rings. The third-order valence-electron chi connectivity index (χ3n) is 1.41. The van der Waals surface area contributed by atoms with Crippen LogP contribution in [0, 0.1) is 11.3 Å². The number of aromatic nitrogens is 1. The Hall–Kier alpha value is -1.48. The molecular formula is C7H3ClF3N3. The van der Waals surface area contributed by atoms with Gasteiger partial charge in [-0.1, -0.05) is 11.6 Å². The number of pyridine rings is 1. The zero-order valence-corrected chi connectivity index (χ0v) is 7.32. The molecule has 0 radical (unpaired) electrons. The van der Waals surface area contributed by atoms with Crippen LogP contribution in [0.4, 0.5) is 19.0 Å². The standard InChI is InChI=1S/C7H3ClF3N3/c8-6-3(2-12)4(7(9,10)11)1-5(13)14-6/h1H,(H2,13,14). The molecule has 74 valence electrons. The molecule has 0 spiro atoms. The molecule has 0 fully saturated rings. The van der Waals surface area contributed by atoms with Crippen molar-refractivity contribution in [2.75, 3.05) is 5.73 Å². The summed E-state index contributed by atoms with van der Waals surface area (Å²) in [7, 11) is 0. The van der Waals surface area contributed by atoms with Gasteiger partial charge in [-0.2, -0.15) is 18.4 Å². The van der Waals surface area contributed by atoms with E-state index in [-0.39, 0.29) is 5.82 Å². The molecule has 3 nitrogen and oxygen atoms in total. The monoisotopic (exact) mass is 221 g/mol. The van der Waals surface area contributed by atoms with Crippen molar-refractivity contribution in [1.29, 1.82) is 5.26 Å². The fraction of sp³-hybridized carbons (Fsp3) is 0.143. The summed E-state index contributed by atoms with van der Waals surface area (Å²) in [5.41, 5.74) is 3.19. The van der Waals surface area contributed by atoms with Gasteiger partial charge in [0.05, 0.1) is 5.56 Å². The van der Waals surface area contributed by atoms with Crippen LogP contribution < -0.4 is 5.73 Å². The van der Waals surface area contributed by atoms with E-state index in [0.717, 1.165) is 0 Å². The number of nitrogens with zero attached hydrogens (tertiary/aromatic N) is 2. The van der Waals surface area contributed by atoms with Crippen molar-refractivity contribution in [3.8, 4) is 6.07 Å². The van der Waals surface area contributed by atoms with Crippen LogP contribution in [-0.2, 0) is 6.18 Å². The molecule has 0 saturated heterocycles. The van der Waals surface area contributed by atoms with Gasteiger partial charge >= 0.3 is 6.18 Å². The number of halogens is 4. The predicted molar refractivity (Wildman–Crippen MR) is 43.4 cm³/mol. The second-order valence-electron chi connectivity index (χ2n) is 2.37. The number of nitriles is 1. The molecule has 14 heavy (non-hydrogen) atoms. The first kappa shape index (κ1) is 10.6. The molecule has 0 aliphatic heterocycles. The highest BCUT2D eigenvalue weighted by molar-refractivity contribution is 6.30. The van der Waals surface area contributed by atoms with Crippen LogP contribution in [-0.4, -0.2) is 4.98 Å². The minimum absolute atomic E-state index is 0.374. The molecule has 0 saturated carbocycles. The van der Waals surface area contributed by atoms with Crippen molar-refractivity contribution in [2.45, 2.75) is 6.18 Å². The van der Waals surface area contributed by atoms with Gasteiger partial charge in [0.15, 0.2) is 0 Å². The van der Waals surface area contributed by atoms with Crippen LogP contribution in [0.5, 0.6) is 0 Å². The molecule has 0 atom stereocenters. The summed E-state index contributed by atoms with van der Waals surface area (Å²) >= 11 is 5.33. The fourth-order valence-electron chi connectivity index (χ4n) is 0.863. The average Bonchev–Trinajstić information content (AvgIpc) is 2.01. The lowest BCUT2D eigenvalue weighted by atomic mass is 10.1. The Kier molecular flexibility index (Phi) is 2.53. The van der Waals surface area contributed by atoms with Crippen molar-refractivity contribution < 1.29 is 13.2 Å². The van der Waals surface area contributed by atoms with Gasteiger partial charge in [0.25, 0.3) is 0 Å². The van der Waals surface area contributed by atoms with E-state index < -0.39 is 22.5 Å². The van der Waals surface area contributed by atoms with E-state index in [9.17, 15) is 13.2 Å². The number of alkyl halides is 3. The lowest BCUT2D eigenvalue weighted by Crippen LogP contribution is -2.10. The first-order valence-corrected chi connectivity index (χ1v) is 3.67. The van der Waals surface area contributed by atoms with Crippen LogP contribution in [0.25, 0.3) is 0 Å². The maximum atomic E-state index is 12.3. The van der Waals surface area contributed by atoms with Crippen LogP contribution >= 0.6 is 11.6 Å². The number of nitrogen functional groups attached to an aromatic ring is 1. The summed E-state index contributed by atoms with van der Waals surface area (Å²) in [6.07, 6.45) is -4.66. The Bertz CT molecular complexity index is 408. The van der Waals surface area contributed by atoms with E-state index in [0.29, 0.717) is 6.07 Å². The minimum Gasteiger partial charge on any atom is -0.384 e. The molecule has 1 aromatic rings. The van der Waals surface area contributed by atoms with Gasteiger partial charge in [-0.25, -0.2) is 4.98 Å². The Morgan fingerprint density at radius 2 is 2.07 bits per heavy atom. The quantitative estimate of drug-likeness (QED) is 0.683. The van der Waals surface area contributed by atoms with E-state index in [4.69, 9.17) is 22.6 Å². The van der Waals surface area contributed by atoms with Crippen molar-refractivity contribution >= 4 is 17.4 Å². The molecule has 1 aromatic heterocycles. The zero-order valence-electron chi connectivity index (χ0n) is 6.56. The molecule has 0 aliphatic carbocycles. The summed E-state index contributed by atoms with van der Waals surface area (Å²) < 4.78 is 36.9. The van der Waals surface area contributed by atoms with Gasteiger partial charge in [-0.05, 0) is 6.07 Å². The molecule has 0 unspecified atom stereocenters. The topological polar surface area (TPSA) is 62.7 Å². The molecule has 2 N–H and O–H groups in total. The predicted octanol–water partition coefficient (Wildman–Crippen LogP) is 2.21. The molecule has 0 aromatic carbocycles. The second-order valence-corrected chi connectivity index (χ2v) is 2.73. The fourth-order valence-corrected chi connectivity index (χ4v) is 1.10. The SMILES string of the molecule is N#Cc1c(C(F)(F)F)cc(N)nc1Cl. The summed E-state index contributed by atoms with van der Waals surface area (Å²) in [6.45, 7) is 0. The highest BCUT2D eigenvalue weighted by Crippen LogP contribution is 2.34. The molecule has 0 bridgehead atoms. The highest BCUT2D eigenvalue weighted by atomic mass is 35.5. The Morgan fingerprint density at radius 3 is 2.50 bits per heavy atom. The summed E-state index contributed by atoms with van der Waals surface area (Å²) in [5.74, 6) is -0.374. The molecule has 1 heterocycles. The maximum Gasteiger partial charge on any atom is 0.417 e. The smallest absolute Gasteiger partial charge is 0.384 e. The molecular weight excluding hydrogens is 219 g/mol. The second kappa shape index (κ2) is 3.35. The van der Waals surface area contributed by atoms with Crippen LogP contribution in [0.3, 0.4) is 0 Å². The van der Waals surface area contributed by atoms with E-state index in [1.165, 1.54) is 6.07 Å². The van der Waals surface area contributed by atoms with Crippen LogP contribution in [0.1, 0.15) is 11.1 Å². The average molecular weight is 222 g/mol. The van der Waals surface area contributed by atoms with Gasteiger partial charge < -0.3 is 5.73 Å². The molecule has 0 amide bonds. The van der Waals surface area contributed by atoms with Crippen molar-refractivity contribution in [1.82, 2.24) is 4.98 Å². The minimum atomic E-state index is -4.66.